The maximum atomic E-state index is 5.50. The number of aryl methyl sites for hydroxylation is 1. The molecule has 4 nitrogen and oxygen atoms in total. The molecule has 4 rings (SSSR count). The van der Waals surface area contributed by atoms with Crippen LogP contribution >= 0.6 is 0 Å². The van der Waals surface area contributed by atoms with E-state index in [9.17, 15) is 0 Å². The Kier molecular flexibility index (Phi) is 2.38. The van der Waals surface area contributed by atoms with Crippen LogP contribution in [0.2, 0.25) is 0 Å². The zero-order valence-corrected chi connectivity index (χ0v) is 11.0. The van der Waals surface area contributed by atoms with Crippen LogP contribution < -0.4 is 5.32 Å². The summed E-state index contributed by atoms with van der Waals surface area (Å²) in [6, 6.07) is 6.73. The van der Waals surface area contributed by atoms with Gasteiger partial charge in [-0.25, -0.2) is 0 Å². The SMILES string of the molecule is Cc1nn(CC2CCCN2)c2c1ccc1occc12. The maximum absolute atomic E-state index is 5.50. The Morgan fingerprint density at radius 1 is 1.37 bits per heavy atom. The Morgan fingerprint density at radius 2 is 2.32 bits per heavy atom. The van der Waals surface area contributed by atoms with Gasteiger partial charge in [-0.1, -0.05) is 0 Å². The van der Waals surface area contributed by atoms with E-state index in [1.165, 1.54) is 23.7 Å². The van der Waals surface area contributed by atoms with Gasteiger partial charge in [0.05, 0.1) is 24.0 Å². The third-order valence-corrected chi connectivity index (χ3v) is 4.08. The molecule has 0 saturated carbocycles. The Bertz CT molecular complexity index is 734. The lowest BCUT2D eigenvalue weighted by atomic mass is 10.1. The van der Waals surface area contributed by atoms with Gasteiger partial charge in [-0.3, -0.25) is 4.68 Å². The van der Waals surface area contributed by atoms with Crippen molar-refractivity contribution in [3.63, 3.8) is 0 Å². The summed E-state index contributed by atoms with van der Waals surface area (Å²) in [5.41, 5.74) is 3.24. The molecule has 1 unspecified atom stereocenters. The van der Waals surface area contributed by atoms with Crippen molar-refractivity contribution in [2.24, 2.45) is 0 Å². The average molecular weight is 255 g/mol. The molecule has 0 aliphatic carbocycles. The first-order valence-corrected chi connectivity index (χ1v) is 6.89. The third kappa shape index (κ3) is 1.67. The quantitative estimate of drug-likeness (QED) is 0.765. The Balaban J connectivity index is 1.90. The van der Waals surface area contributed by atoms with Crippen LogP contribution in [0.4, 0.5) is 0 Å². The maximum Gasteiger partial charge on any atom is 0.136 e. The van der Waals surface area contributed by atoms with Crippen molar-refractivity contribution in [1.29, 1.82) is 0 Å². The minimum Gasteiger partial charge on any atom is -0.464 e. The molecule has 0 amide bonds. The predicted molar refractivity (Wildman–Crippen MR) is 75.3 cm³/mol. The summed E-state index contributed by atoms with van der Waals surface area (Å²) in [6.45, 7) is 4.14. The van der Waals surface area contributed by atoms with E-state index in [0.29, 0.717) is 6.04 Å². The van der Waals surface area contributed by atoms with Gasteiger partial charge in [0.1, 0.15) is 5.58 Å². The first-order chi connectivity index (χ1) is 9.33. The molecule has 0 bridgehead atoms. The van der Waals surface area contributed by atoms with Crippen LogP contribution in [0.15, 0.2) is 28.9 Å². The summed E-state index contributed by atoms with van der Waals surface area (Å²) in [6.07, 6.45) is 4.26. The molecule has 1 N–H and O–H groups in total. The molecule has 4 heteroatoms. The van der Waals surface area contributed by atoms with E-state index in [0.717, 1.165) is 29.8 Å². The summed E-state index contributed by atoms with van der Waals surface area (Å²) in [5, 5.41) is 10.6. The molecule has 1 aliphatic rings. The second kappa shape index (κ2) is 4.10. The lowest BCUT2D eigenvalue weighted by molar-refractivity contribution is 0.485. The summed E-state index contributed by atoms with van der Waals surface area (Å²) in [7, 11) is 0. The topological polar surface area (TPSA) is 43.0 Å². The normalized spacial score (nSPS) is 19.7. The van der Waals surface area contributed by atoms with Crippen molar-refractivity contribution in [3.05, 3.63) is 30.2 Å². The summed E-state index contributed by atoms with van der Waals surface area (Å²) < 4.78 is 7.65. The lowest BCUT2D eigenvalue weighted by Crippen LogP contribution is -2.27. The fraction of sp³-hybridized carbons (Fsp3) is 0.400. The molecule has 3 aromatic rings. The number of nitrogens with zero attached hydrogens (tertiary/aromatic N) is 2. The number of fused-ring (bicyclic) bond motifs is 3. The van der Waals surface area contributed by atoms with Crippen molar-refractivity contribution in [2.45, 2.75) is 32.4 Å². The van der Waals surface area contributed by atoms with Gasteiger partial charge in [0.15, 0.2) is 0 Å². The highest BCUT2D eigenvalue weighted by atomic mass is 16.3. The molecule has 3 heterocycles. The molecule has 1 fully saturated rings. The molecule has 0 spiro atoms. The molecule has 98 valence electrons. The highest BCUT2D eigenvalue weighted by Gasteiger charge is 2.18. The molecule has 0 radical (unpaired) electrons. The second-order valence-corrected chi connectivity index (χ2v) is 5.35. The van der Waals surface area contributed by atoms with E-state index in [-0.39, 0.29) is 0 Å². The Morgan fingerprint density at radius 3 is 3.16 bits per heavy atom. The summed E-state index contributed by atoms with van der Waals surface area (Å²) in [5.74, 6) is 0. The van der Waals surface area contributed by atoms with Crippen molar-refractivity contribution in [1.82, 2.24) is 15.1 Å². The van der Waals surface area contributed by atoms with Crippen molar-refractivity contribution < 1.29 is 4.42 Å². The summed E-state index contributed by atoms with van der Waals surface area (Å²) in [4.78, 5) is 0. The summed E-state index contributed by atoms with van der Waals surface area (Å²) >= 11 is 0. The molecule has 1 saturated heterocycles. The third-order valence-electron chi connectivity index (χ3n) is 4.08. The van der Waals surface area contributed by atoms with Gasteiger partial charge >= 0.3 is 0 Å². The number of hydrogen-bond donors (Lipinski definition) is 1. The number of nitrogens with one attached hydrogen (secondary N) is 1. The van der Waals surface area contributed by atoms with Gasteiger partial charge in [0.2, 0.25) is 0 Å². The zero-order valence-electron chi connectivity index (χ0n) is 11.0. The van der Waals surface area contributed by atoms with Crippen LogP contribution in [0.25, 0.3) is 21.9 Å². The molecule has 1 atom stereocenters. The minimum absolute atomic E-state index is 0.546. The van der Waals surface area contributed by atoms with E-state index >= 15 is 0 Å². The standard InChI is InChI=1S/C15H17N3O/c1-10-12-4-5-14-13(6-8-19-14)15(12)18(17-10)9-11-3-2-7-16-11/h4-6,8,11,16H,2-3,7,9H2,1H3. The highest BCUT2D eigenvalue weighted by molar-refractivity contribution is 6.04. The van der Waals surface area contributed by atoms with Gasteiger partial charge in [-0.05, 0) is 44.5 Å². The molecule has 1 aromatic carbocycles. The van der Waals surface area contributed by atoms with E-state index in [1.807, 2.05) is 12.1 Å². The number of hydrogen-bond acceptors (Lipinski definition) is 3. The Hall–Kier alpha value is -1.81. The van der Waals surface area contributed by atoms with E-state index < -0.39 is 0 Å². The first-order valence-electron chi connectivity index (χ1n) is 6.89. The van der Waals surface area contributed by atoms with Gasteiger partial charge in [0.25, 0.3) is 0 Å². The lowest BCUT2D eigenvalue weighted by Gasteiger charge is -2.11. The molecule has 1 aliphatic heterocycles. The number of furan rings is 1. The fourth-order valence-electron chi connectivity index (χ4n) is 3.14. The second-order valence-electron chi connectivity index (χ2n) is 5.35. The van der Waals surface area contributed by atoms with Gasteiger partial charge in [-0.15, -0.1) is 0 Å². The highest BCUT2D eigenvalue weighted by Crippen LogP contribution is 2.28. The minimum atomic E-state index is 0.546. The molecular weight excluding hydrogens is 238 g/mol. The van der Waals surface area contributed by atoms with Gasteiger partial charge < -0.3 is 9.73 Å². The van der Waals surface area contributed by atoms with Crippen LogP contribution in [0.1, 0.15) is 18.5 Å². The number of aromatic nitrogens is 2. The van der Waals surface area contributed by atoms with E-state index in [1.54, 1.807) is 6.26 Å². The molecule has 2 aromatic heterocycles. The Labute approximate surface area is 111 Å². The van der Waals surface area contributed by atoms with Gasteiger partial charge in [0, 0.05) is 16.8 Å². The van der Waals surface area contributed by atoms with E-state index in [2.05, 4.69) is 23.0 Å². The van der Waals surface area contributed by atoms with Crippen LogP contribution in [0.3, 0.4) is 0 Å². The monoisotopic (exact) mass is 255 g/mol. The smallest absolute Gasteiger partial charge is 0.136 e. The predicted octanol–water partition coefficient (Wildman–Crippen LogP) is 2.84. The van der Waals surface area contributed by atoms with Gasteiger partial charge in [-0.2, -0.15) is 5.10 Å². The number of benzene rings is 1. The average Bonchev–Trinajstić information content (AvgIpc) is 3.10. The van der Waals surface area contributed by atoms with Crippen LogP contribution in [-0.2, 0) is 6.54 Å². The van der Waals surface area contributed by atoms with E-state index in [4.69, 9.17) is 9.52 Å². The van der Waals surface area contributed by atoms with Crippen molar-refractivity contribution in [3.8, 4) is 0 Å². The number of rotatable bonds is 2. The van der Waals surface area contributed by atoms with Crippen molar-refractivity contribution in [2.75, 3.05) is 6.54 Å². The van der Waals surface area contributed by atoms with Crippen LogP contribution in [0, 0.1) is 6.92 Å². The molecular formula is C15H17N3O. The van der Waals surface area contributed by atoms with Crippen LogP contribution in [0.5, 0.6) is 0 Å². The zero-order chi connectivity index (χ0) is 12.8. The first kappa shape index (κ1) is 11.1. The largest absolute Gasteiger partial charge is 0.464 e. The van der Waals surface area contributed by atoms with Crippen molar-refractivity contribution >= 4 is 21.9 Å². The fourth-order valence-corrected chi connectivity index (χ4v) is 3.14. The molecule has 19 heavy (non-hydrogen) atoms. The van der Waals surface area contributed by atoms with Crippen LogP contribution in [-0.4, -0.2) is 22.4 Å².